The molecule has 0 radical (unpaired) electrons. The average molecular weight is 293 g/mol. The topological polar surface area (TPSA) is 29.9 Å². The molecule has 0 aliphatic carbocycles. The Kier molecular flexibility index (Phi) is 5.44. The fraction of sp³-hybridized carbons (Fsp3) is 0.438. The lowest BCUT2D eigenvalue weighted by Gasteiger charge is -2.19. The first-order valence-electron chi connectivity index (χ1n) is 7.33. The summed E-state index contributed by atoms with van der Waals surface area (Å²) in [5.41, 5.74) is 1.53. The second kappa shape index (κ2) is 7.31. The van der Waals surface area contributed by atoms with Crippen LogP contribution in [0.2, 0.25) is 0 Å². The summed E-state index contributed by atoms with van der Waals surface area (Å²) in [6.45, 7) is 5.66. The van der Waals surface area contributed by atoms with Crippen LogP contribution in [0.3, 0.4) is 0 Å². The third-order valence-electron chi connectivity index (χ3n) is 3.43. The van der Waals surface area contributed by atoms with E-state index in [0.29, 0.717) is 12.0 Å². The molecule has 1 unspecified atom stereocenters. The Morgan fingerprint density at radius 3 is 2.71 bits per heavy atom. The van der Waals surface area contributed by atoms with Gasteiger partial charge in [0.1, 0.15) is 11.6 Å². The number of rotatable bonds is 7. The predicted molar refractivity (Wildman–Crippen MR) is 79.0 cm³/mol. The van der Waals surface area contributed by atoms with Gasteiger partial charge < -0.3 is 5.32 Å². The molecule has 1 aromatic carbocycles. The first-order chi connectivity index (χ1) is 10.1. The second-order valence-electron chi connectivity index (χ2n) is 5.08. The van der Waals surface area contributed by atoms with Crippen molar-refractivity contribution in [1.29, 1.82) is 0 Å². The molecule has 0 aliphatic rings. The molecule has 1 aromatic heterocycles. The normalized spacial score (nSPS) is 12.6. The van der Waals surface area contributed by atoms with Crippen molar-refractivity contribution >= 4 is 0 Å². The van der Waals surface area contributed by atoms with Crippen molar-refractivity contribution in [2.45, 2.75) is 39.3 Å². The quantitative estimate of drug-likeness (QED) is 0.847. The summed E-state index contributed by atoms with van der Waals surface area (Å²) in [6.07, 6.45) is 5.34. The number of nitrogens with zero attached hydrogens (tertiary/aromatic N) is 2. The van der Waals surface area contributed by atoms with E-state index in [1.54, 1.807) is 6.20 Å². The summed E-state index contributed by atoms with van der Waals surface area (Å²) < 4.78 is 28.9. The Hall–Kier alpha value is -1.75. The molecule has 0 fully saturated rings. The van der Waals surface area contributed by atoms with Crippen LogP contribution in [0.25, 0.3) is 0 Å². The molecule has 2 aromatic rings. The maximum Gasteiger partial charge on any atom is 0.130 e. The van der Waals surface area contributed by atoms with E-state index in [1.807, 2.05) is 17.8 Å². The molecule has 3 nitrogen and oxygen atoms in total. The third kappa shape index (κ3) is 4.11. The summed E-state index contributed by atoms with van der Waals surface area (Å²) in [5, 5.41) is 7.56. The maximum absolute atomic E-state index is 14.0. The van der Waals surface area contributed by atoms with Crippen LogP contribution in [-0.2, 0) is 13.0 Å². The number of benzene rings is 1. The lowest BCUT2D eigenvalue weighted by molar-refractivity contribution is 0.491. The third-order valence-corrected chi connectivity index (χ3v) is 3.43. The highest BCUT2D eigenvalue weighted by Crippen LogP contribution is 2.22. The zero-order chi connectivity index (χ0) is 15.2. The summed E-state index contributed by atoms with van der Waals surface area (Å²) in [7, 11) is 0. The number of halogens is 2. The Balaban J connectivity index is 2.20. The van der Waals surface area contributed by atoms with Gasteiger partial charge in [0.05, 0.1) is 6.20 Å². The van der Waals surface area contributed by atoms with E-state index in [4.69, 9.17) is 0 Å². The highest BCUT2D eigenvalue weighted by atomic mass is 19.1. The highest BCUT2D eigenvalue weighted by molar-refractivity contribution is 5.24. The molecular weight excluding hydrogens is 272 g/mol. The second-order valence-corrected chi connectivity index (χ2v) is 5.08. The van der Waals surface area contributed by atoms with Crippen LogP contribution in [0.1, 0.15) is 37.4 Å². The van der Waals surface area contributed by atoms with Gasteiger partial charge in [0, 0.05) is 30.4 Å². The molecule has 1 atom stereocenters. The molecule has 21 heavy (non-hydrogen) atoms. The molecule has 0 saturated carbocycles. The number of aromatic nitrogens is 2. The van der Waals surface area contributed by atoms with Crippen molar-refractivity contribution < 1.29 is 8.78 Å². The minimum absolute atomic E-state index is 0.181. The van der Waals surface area contributed by atoms with E-state index in [9.17, 15) is 8.78 Å². The zero-order valence-corrected chi connectivity index (χ0v) is 12.4. The summed E-state index contributed by atoms with van der Waals surface area (Å²) in [4.78, 5) is 0. The average Bonchev–Trinajstić information content (AvgIpc) is 2.91. The van der Waals surface area contributed by atoms with Gasteiger partial charge in [-0.1, -0.05) is 13.0 Å². The molecule has 2 rings (SSSR count). The molecule has 0 aliphatic heterocycles. The van der Waals surface area contributed by atoms with Crippen molar-refractivity contribution in [2.75, 3.05) is 6.54 Å². The van der Waals surface area contributed by atoms with E-state index in [1.165, 1.54) is 12.1 Å². The van der Waals surface area contributed by atoms with Crippen LogP contribution in [-0.4, -0.2) is 16.3 Å². The lowest BCUT2D eigenvalue weighted by atomic mass is 10.00. The fourth-order valence-corrected chi connectivity index (χ4v) is 2.32. The minimum atomic E-state index is -0.552. The summed E-state index contributed by atoms with van der Waals surface area (Å²) in [5.74, 6) is -1.06. The Labute approximate surface area is 124 Å². The van der Waals surface area contributed by atoms with E-state index in [-0.39, 0.29) is 6.04 Å². The molecule has 0 amide bonds. The van der Waals surface area contributed by atoms with Crippen molar-refractivity contribution in [2.24, 2.45) is 0 Å². The van der Waals surface area contributed by atoms with Gasteiger partial charge in [-0.15, -0.1) is 0 Å². The Morgan fingerprint density at radius 2 is 2.10 bits per heavy atom. The molecule has 114 valence electrons. The molecule has 0 saturated heterocycles. The van der Waals surface area contributed by atoms with Gasteiger partial charge in [0.2, 0.25) is 0 Å². The fourth-order valence-electron chi connectivity index (χ4n) is 2.32. The van der Waals surface area contributed by atoms with E-state index in [0.717, 1.165) is 31.1 Å². The molecular formula is C16H21F2N3. The van der Waals surface area contributed by atoms with E-state index in [2.05, 4.69) is 17.3 Å². The van der Waals surface area contributed by atoms with Crippen LogP contribution >= 0.6 is 0 Å². The van der Waals surface area contributed by atoms with Gasteiger partial charge in [-0.05, 0) is 37.9 Å². The standard InChI is InChI=1S/C16H21F2N3/c1-3-7-19-16(8-12-10-20-21(4-2)11-12)14-6-5-13(17)9-15(14)18/h5-6,9-11,16,19H,3-4,7-8H2,1-2H3. The molecule has 1 N–H and O–H groups in total. The van der Waals surface area contributed by atoms with Crippen molar-refractivity contribution in [3.63, 3.8) is 0 Å². The summed E-state index contributed by atoms with van der Waals surface area (Å²) >= 11 is 0. The largest absolute Gasteiger partial charge is 0.310 e. The van der Waals surface area contributed by atoms with Crippen molar-refractivity contribution in [3.05, 3.63) is 53.4 Å². The van der Waals surface area contributed by atoms with Gasteiger partial charge in [-0.3, -0.25) is 4.68 Å². The predicted octanol–water partition coefficient (Wildman–Crippen LogP) is 3.46. The Bertz CT molecular complexity index is 581. The SMILES string of the molecule is CCCNC(Cc1cnn(CC)c1)c1ccc(F)cc1F. The molecule has 1 heterocycles. The first kappa shape index (κ1) is 15.6. The smallest absolute Gasteiger partial charge is 0.130 e. The van der Waals surface area contributed by atoms with E-state index >= 15 is 0 Å². The van der Waals surface area contributed by atoms with Crippen molar-refractivity contribution in [3.8, 4) is 0 Å². The van der Waals surface area contributed by atoms with E-state index < -0.39 is 11.6 Å². The van der Waals surface area contributed by atoms with Gasteiger partial charge in [0.15, 0.2) is 0 Å². The number of nitrogens with one attached hydrogen (secondary N) is 1. The Morgan fingerprint density at radius 1 is 1.29 bits per heavy atom. The molecule has 5 heteroatoms. The monoisotopic (exact) mass is 293 g/mol. The van der Waals surface area contributed by atoms with Crippen LogP contribution in [0.5, 0.6) is 0 Å². The van der Waals surface area contributed by atoms with Gasteiger partial charge in [-0.25, -0.2) is 8.78 Å². The van der Waals surface area contributed by atoms with Gasteiger partial charge in [-0.2, -0.15) is 5.10 Å². The number of hydrogen-bond acceptors (Lipinski definition) is 2. The van der Waals surface area contributed by atoms with Gasteiger partial charge in [0.25, 0.3) is 0 Å². The molecule has 0 spiro atoms. The maximum atomic E-state index is 14.0. The lowest BCUT2D eigenvalue weighted by Crippen LogP contribution is -2.25. The van der Waals surface area contributed by atoms with Crippen LogP contribution < -0.4 is 5.32 Å². The summed E-state index contributed by atoms with van der Waals surface area (Å²) in [6, 6.07) is 3.57. The zero-order valence-electron chi connectivity index (χ0n) is 12.4. The minimum Gasteiger partial charge on any atom is -0.310 e. The van der Waals surface area contributed by atoms with Crippen LogP contribution in [0.15, 0.2) is 30.6 Å². The molecule has 0 bridgehead atoms. The first-order valence-corrected chi connectivity index (χ1v) is 7.33. The van der Waals surface area contributed by atoms with Crippen molar-refractivity contribution in [1.82, 2.24) is 15.1 Å². The van der Waals surface area contributed by atoms with Gasteiger partial charge >= 0.3 is 0 Å². The van der Waals surface area contributed by atoms with Crippen LogP contribution in [0, 0.1) is 11.6 Å². The van der Waals surface area contributed by atoms with Crippen LogP contribution in [0.4, 0.5) is 8.78 Å². The number of hydrogen-bond donors (Lipinski definition) is 1. The number of aryl methyl sites for hydroxylation is 1. The highest BCUT2D eigenvalue weighted by Gasteiger charge is 2.17.